The molecule has 0 atom stereocenters. The van der Waals surface area contributed by atoms with Crippen molar-refractivity contribution in [3.8, 4) is 0 Å². The van der Waals surface area contributed by atoms with Crippen molar-refractivity contribution in [3.05, 3.63) is 58.4 Å². The lowest BCUT2D eigenvalue weighted by molar-refractivity contribution is -0.115. The van der Waals surface area contributed by atoms with E-state index in [-0.39, 0.29) is 23.3 Å². The van der Waals surface area contributed by atoms with Gasteiger partial charge in [-0.1, -0.05) is 41.2 Å². The Bertz CT molecular complexity index is 1070. The van der Waals surface area contributed by atoms with E-state index >= 15 is 0 Å². The van der Waals surface area contributed by atoms with Gasteiger partial charge in [-0.05, 0) is 37.6 Å². The number of benzene rings is 2. The highest BCUT2D eigenvalue weighted by atomic mass is 32.2. The SMILES string of the molecule is Cc1ccc(NC(=O)CSCC(=O)N=c2sc3ccccc3n2C)c(C)c1. The van der Waals surface area contributed by atoms with Crippen LogP contribution >= 0.6 is 23.1 Å². The molecule has 0 radical (unpaired) electrons. The molecule has 0 unspecified atom stereocenters. The number of aromatic nitrogens is 1. The number of aryl methyl sites for hydroxylation is 3. The molecule has 2 aromatic carbocycles. The quantitative estimate of drug-likeness (QED) is 0.712. The highest BCUT2D eigenvalue weighted by molar-refractivity contribution is 8.00. The number of nitrogens with zero attached hydrogens (tertiary/aromatic N) is 2. The Balaban J connectivity index is 1.56. The normalized spacial score (nSPS) is 11.7. The molecular formula is C20H21N3O2S2. The third kappa shape index (κ3) is 4.87. The smallest absolute Gasteiger partial charge is 0.258 e. The van der Waals surface area contributed by atoms with E-state index in [9.17, 15) is 9.59 Å². The molecule has 3 aromatic rings. The number of thioether (sulfide) groups is 1. The molecule has 0 saturated carbocycles. The maximum atomic E-state index is 12.1. The lowest BCUT2D eigenvalue weighted by atomic mass is 10.1. The average molecular weight is 400 g/mol. The van der Waals surface area contributed by atoms with E-state index in [2.05, 4.69) is 10.3 Å². The lowest BCUT2D eigenvalue weighted by Gasteiger charge is -2.08. The van der Waals surface area contributed by atoms with Gasteiger partial charge >= 0.3 is 0 Å². The van der Waals surface area contributed by atoms with Crippen molar-refractivity contribution in [1.29, 1.82) is 0 Å². The summed E-state index contributed by atoms with van der Waals surface area (Å²) in [5.74, 6) is 0.0374. The number of amides is 2. The van der Waals surface area contributed by atoms with Crippen molar-refractivity contribution in [2.75, 3.05) is 16.8 Å². The van der Waals surface area contributed by atoms with E-state index in [1.54, 1.807) is 0 Å². The molecule has 1 heterocycles. The van der Waals surface area contributed by atoms with Crippen LogP contribution in [0.1, 0.15) is 11.1 Å². The molecule has 2 amide bonds. The van der Waals surface area contributed by atoms with Gasteiger partial charge in [0, 0.05) is 12.7 Å². The summed E-state index contributed by atoms with van der Waals surface area (Å²) in [4.78, 5) is 29.1. The molecule has 27 heavy (non-hydrogen) atoms. The first-order valence-electron chi connectivity index (χ1n) is 8.51. The molecule has 1 aromatic heterocycles. The zero-order valence-electron chi connectivity index (χ0n) is 15.5. The Morgan fingerprint density at radius 2 is 1.93 bits per heavy atom. The topological polar surface area (TPSA) is 63.5 Å². The number of anilines is 1. The van der Waals surface area contributed by atoms with Crippen LogP contribution in [-0.4, -0.2) is 27.9 Å². The highest BCUT2D eigenvalue weighted by Crippen LogP contribution is 2.17. The number of fused-ring (bicyclic) bond motifs is 1. The fraction of sp³-hybridized carbons (Fsp3) is 0.250. The molecule has 5 nitrogen and oxygen atoms in total. The van der Waals surface area contributed by atoms with Gasteiger partial charge in [0.25, 0.3) is 5.91 Å². The minimum Gasteiger partial charge on any atom is -0.325 e. The van der Waals surface area contributed by atoms with Crippen molar-refractivity contribution in [1.82, 2.24) is 4.57 Å². The molecule has 7 heteroatoms. The zero-order valence-corrected chi connectivity index (χ0v) is 17.1. The summed E-state index contributed by atoms with van der Waals surface area (Å²) in [5.41, 5.74) is 4.03. The van der Waals surface area contributed by atoms with Crippen LogP contribution in [0.15, 0.2) is 47.5 Å². The Kier molecular flexibility index (Phi) is 6.13. The summed E-state index contributed by atoms with van der Waals surface area (Å²) in [6.45, 7) is 3.98. The van der Waals surface area contributed by atoms with Crippen molar-refractivity contribution < 1.29 is 9.59 Å². The molecule has 1 N–H and O–H groups in total. The number of rotatable bonds is 5. The first kappa shape index (κ1) is 19.4. The molecule has 0 spiro atoms. The minimum absolute atomic E-state index is 0.118. The van der Waals surface area contributed by atoms with Crippen LogP contribution in [0.4, 0.5) is 5.69 Å². The van der Waals surface area contributed by atoms with Crippen LogP contribution in [-0.2, 0) is 16.6 Å². The largest absolute Gasteiger partial charge is 0.325 e. The second-order valence-electron chi connectivity index (χ2n) is 6.28. The monoisotopic (exact) mass is 399 g/mol. The summed E-state index contributed by atoms with van der Waals surface area (Å²) in [6.07, 6.45) is 0. The number of nitrogens with one attached hydrogen (secondary N) is 1. The van der Waals surface area contributed by atoms with Gasteiger partial charge in [0.2, 0.25) is 5.91 Å². The van der Waals surface area contributed by atoms with E-state index in [1.807, 2.05) is 67.9 Å². The van der Waals surface area contributed by atoms with Gasteiger partial charge in [0.1, 0.15) is 0 Å². The van der Waals surface area contributed by atoms with Crippen LogP contribution in [0.3, 0.4) is 0 Å². The number of carbonyl (C=O) groups is 2. The van der Waals surface area contributed by atoms with E-state index in [4.69, 9.17) is 0 Å². The summed E-state index contributed by atoms with van der Waals surface area (Å²) in [5, 5.41) is 2.88. The molecule has 0 fully saturated rings. The van der Waals surface area contributed by atoms with Gasteiger partial charge in [-0.15, -0.1) is 11.8 Å². The summed E-state index contributed by atoms with van der Waals surface area (Å²) >= 11 is 2.75. The summed E-state index contributed by atoms with van der Waals surface area (Å²) in [7, 11) is 1.90. The maximum Gasteiger partial charge on any atom is 0.258 e. The van der Waals surface area contributed by atoms with Gasteiger partial charge in [-0.25, -0.2) is 0 Å². The third-order valence-electron chi connectivity index (χ3n) is 4.05. The Hall–Kier alpha value is -2.38. The van der Waals surface area contributed by atoms with Gasteiger partial charge in [0.15, 0.2) is 4.80 Å². The standard InChI is InChI=1S/C20H21N3O2S2/c1-13-8-9-15(14(2)10-13)21-18(24)11-26-12-19(25)22-20-23(3)16-6-4-5-7-17(16)27-20/h4-10H,11-12H2,1-3H3,(H,21,24). The van der Waals surface area contributed by atoms with Crippen LogP contribution in [0, 0.1) is 13.8 Å². The third-order valence-corrected chi connectivity index (χ3v) is 6.08. The van der Waals surface area contributed by atoms with E-state index in [1.165, 1.54) is 23.1 Å². The lowest BCUT2D eigenvalue weighted by Crippen LogP contribution is -2.17. The first-order valence-corrected chi connectivity index (χ1v) is 10.5. The minimum atomic E-state index is -0.235. The summed E-state index contributed by atoms with van der Waals surface area (Å²) < 4.78 is 3.00. The number of hydrogen-bond acceptors (Lipinski definition) is 4. The second kappa shape index (κ2) is 8.54. The van der Waals surface area contributed by atoms with E-state index in [0.717, 1.165) is 27.0 Å². The first-order chi connectivity index (χ1) is 12.9. The Morgan fingerprint density at radius 3 is 2.67 bits per heavy atom. The molecule has 0 aliphatic carbocycles. The Morgan fingerprint density at radius 1 is 1.15 bits per heavy atom. The fourth-order valence-corrected chi connectivity index (χ4v) is 4.33. The van der Waals surface area contributed by atoms with E-state index in [0.29, 0.717) is 4.80 Å². The molecule has 3 rings (SSSR count). The fourth-order valence-electron chi connectivity index (χ4n) is 2.70. The second-order valence-corrected chi connectivity index (χ2v) is 8.27. The average Bonchev–Trinajstić information content (AvgIpc) is 2.93. The van der Waals surface area contributed by atoms with Crippen molar-refractivity contribution in [2.45, 2.75) is 13.8 Å². The molecule has 0 saturated heterocycles. The number of carbonyl (C=O) groups excluding carboxylic acids is 2. The number of para-hydroxylation sites is 1. The number of thiazole rings is 1. The molecular weight excluding hydrogens is 378 g/mol. The van der Waals surface area contributed by atoms with Gasteiger partial charge in [0.05, 0.1) is 21.7 Å². The zero-order chi connectivity index (χ0) is 19.4. The van der Waals surface area contributed by atoms with Crippen LogP contribution in [0.2, 0.25) is 0 Å². The van der Waals surface area contributed by atoms with Crippen molar-refractivity contribution in [3.63, 3.8) is 0 Å². The highest BCUT2D eigenvalue weighted by Gasteiger charge is 2.08. The van der Waals surface area contributed by atoms with Crippen molar-refractivity contribution in [2.24, 2.45) is 12.0 Å². The predicted octanol–water partition coefficient (Wildman–Crippen LogP) is 3.66. The number of hydrogen-bond donors (Lipinski definition) is 1. The predicted molar refractivity (Wildman–Crippen MR) is 113 cm³/mol. The molecule has 0 aliphatic rings. The van der Waals surface area contributed by atoms with Gasteiger partial charge in [-0.2, -0.15) is 4.99 Å². The van der Waals surface area contributed by atoms with E-state index < -0.39 is 0 Å². The van der Waals surface area contributed by atoms with Gasteiger partial charge in [-0.3, -0.25) is 9.59 Å². The van der Waals surface area contributed by atoms with Crippen LogP contribution < -0.4 is 10.1 Å². The maximum absolute atomic E-state index is 12.1. The van der Waals surface area contributed by atoms with Crippen LogP contribution in [0.5, 0.6) is 0 Å². The molecule has 140 valence electrons. The molecule has 0 aliphatic heterocycles. The summed E-state index contributed by atoms with van der Waals surface area (Å²) in [6, 6.07) is 13.8. The van der Waals surface area contributed by atoms with Crippen molar-refractivity contribution >= 4 is 50.8 Å². The van der Waals surface area contributed by atoms with Crippen LogP contribution in [0.25, 0.3) is 10.2 Å². The van der Waals surface area contributed by atoms with Gasteiger partial charge < -0.3 is 9.88 Å². The Labute approximate surface area is 166 Å². The molecule has 0 bridgehead atoms.